The molecule has 2 heterocycles. The Bertz CT molecular complexity index is 1380. The molecule has 5 rings (SSSR count). The third-order valence-corrected chi connectivity index (χ3v) is 7.80. The van der Waals surface area contributed by atoms with Crippen LogP contribution in [0.1, 0.15) is 77.4 Å². The summed E-state index contributed by atoms with van der Waals surface area (Å²) in [6, 6.07) is 11.9. The first-order valence-electron chi connectivity index (χ1n) is 13.6. The van der Waals surface area contributed by atoms with Gasteiger partial charge in [0.05, 0.1) is 11.6 Å². The fraction of sp³-hybridized carbons (Fsp3) is 0.400. The number of hydrogen-bond donors (Lipinski definition) is 2. The molecule has 3 aromatic rings. The maximum atomic E-state index is 13.3. The second kappa shape index (κ2) is 11.4. The fourth-order valence-electron chi connectivity index (χ4n) is 5.21. The van der Waals surface area contributed by atoms with Crippen LogP contribution in [0.25, 0.3) is 11.1 Å². The van der Waals surface area contributed by atoms with Crippen LogP contribution < -0.4 is 11.1 Å². The standard InChI is InChI=1S/C30H32F3N5O2/c1-18(19-2-4-20(5-3-19)25-14-24(30(31,32)33)9-8-23(25)16-34)37-28(39)27-15-26(35-17-36-27)21-10-12-38(13-11-21)29(40)22-6-7-22/h2-5,8-9,14-15,17-18,21-22H,6-7,10-13,16,34H2,1H3,(H,37,39)/t18-/m1/s1. The Labute approximate surface area is 231 Å². The van der Waals surface area contributed by atoms with E-state index >= 15 is 0 Å². The van der Waals surface area contributed by atoms with Crippen molar-refractivity contribution < 1.29 is 22.8 Å². The number of nitrogens with zero attached hydrogens (tertiary/aromatic N) is 3. The van der Waals surface area contributed by atoms with Crippen LogP contribution in [0.2, 0.25) is 0 Å². The number of likely N-dealkylation sites (tertiary alicyclic amines) is 1. The molecule has 2 amide bonds. The molecule has 210 valence electrons. The summed E-state index contributed by atoms with van der Waals surface area (Å²) in [7, 11) is 0. The molecule has 7 nitrogen and oxygen atoms in total. The summed E-state index contributed by atoms with van der Waals surface area (Å²) in [5, 5.41) is 2.94. The highest BCUT2D eigenvalue weighted by Gasteiger charge is 2.35. The molecule has 1 aromatic heterocycles. The Morgan fingerprint density at radius 3 is 2.35 bits per heavy atom. The summed E-state index contributed by atoms with van der Waals surface area (Å²) in [4.78, 5) is 35.9. The highest BCUT2D eigenvalue weighted by atomic mass is 19.4. The summed E-state index contributed by atoms with van der Waals surface area (Å²) in [6.07, 6.45) is 0.547. The SMILES string of the molecule is C[C@@H](NC(=O)c1cc(C2CCN(C(=O)C3CC3)CC2)ncn1)c1ccc(-c2cc(C(F)(F)F)ccc2CN)cc1. The first-order valence-corrected chi connectivity index (χ1v) is 13.6. The number of halogens is 3. The van der Waals surface area contributed by atoms with Gasteiger partial charge in [-0.2, -0.15) is 13.2 Å². The van der Waals surface area contributed by atoms with Crippen molar-refractivity contribution in [2.75, 3.05) is 13.1 Å². The Morgan fingerprint density at radius 2 is 1.73 bits per heavy atom. The number of nitrogens with two attached hydrogens (primary N) is 1. The fourth-order valence-corrected chi connectivity index (χ4v) is 5.21. The lowest BCUT2D eigenvalue weighted by molar-refractivity contribution is -0.137. The van der Waals surface area contributed by atoms with Crippen LogP contribution in [-0.2, 0) is 17.5 Å². The number of carbonyl (C=O) groups is 2. The zero-order valence-electron chi connectivity index (χ0n) is 22.2. The second-order valence-electron chi connectivity index (χ2n) is 10.6. The van der Waals surface area contributed by atoms with Crippen molar-refractivity contribution in [2.24, 2.45) is 11.7 Å². The molecule has 2 fully saturated rings. The number of aromatic nitrogens is 2. The molecule has 1 aliphatic carbocycles. The molecule has 0 bridgehead atoms. The molecule has 1 saturated heterocycles. The first kappa shape index (κ1) is 27.8. The lowest BCUT2D eigenvalue weighted by atomic mass is 9.92. The van der Waals surface area contributed by atoms with Gasteiger partial charge in [-0.15, -0.1) is 0 Å². The van der Waals surface area contributed by atoms with E-state index in [1.807, 2.05) is 11.8 Å². The van der Waals surface area contributed by atoms with Gasteiger partial charge in [-0.25, -0.2) is 9.97 Å². The number of amides is 2. The summed E-state index contributed by atoms with van der Waals surface area (Å²) < 4.78 is 39.8. The smallest absolute Gasteiger partial charge is 0.344 e. The number of alkyl halides is 3. The van der Waals surface area contributed by atoms with Gasteiger partial charge in [-0.3, -0.25) is 9.59 Å². The predicted octanol–water partition coefficient (Wildman–Crippen LogP) is 5.23. The van der Waals surface area contributed by atoms with Gasteiger partial charge < -0.3 is 16.0 Å². The van der Waals surface area contributed by atoms with Crippen molar-refractivity contribution in [1.29, 1.82) is 0 Å². The van der Waals surface area contributed by atoms with E-state index in [9.17, 15) is 22.8 Å². The average Bonchev–Trinajstić information content (AvgIpc) is 3.82. The van der Waals surface area contributed by atoms with Crippen LogP contribution in [0.5, 0.6) is 0 Å². The second-order valence-corrected chi connectivity index (χ2v) is 10.6. The first-order chi connectivity index (χ1) is 19.1. The topological polar surface area (TPSA) is 101 Å². The minimum absolute atomic E-state index is 0.111. The van der Waals surface area contributed by atoms with Crippen molar-refractivity contribution in [3.8, 4) is 11.1 Å². The molecule has 0 unspecified atom stereocenters. The Hall–Kier alpha value is -3.79. The summed E-state index contributed by atoms with van der Waals surface area (Å²) in [5.74, 6) is 0.299. The Balaban J connectivity index is 1.23. The van der Waals surface area contributed by atoms with E-state index in [2.05, 4.69) is 15.3 Å². The van der Waals surface area contributed by atoms with Gasteiger partial charge in [-0.05, 0) is 73.1 Å². The number of carbonyl (C=O) groups excluding carboxylic acids is 2. The molecule has 40 heavy (non-hydrogen) atoms. The molecule has 1 aliphatic heterocycles. The van der Waals surface area contributed by atoms with E-state index in [1.54, 1.807) is 30.3 Å². The van der Waals surface area contributed by atoms with Gasteiger partial charge in [0, 0.05) is 37.2 Å². The maximum Gasteiger partial charge on any atom is 0.416 e. The number of hydrogen-bond acceptors (Lipinski definition) is 5. The van der Waals surface area contributed by atoms with Gasteiger partial charge in [-0.1, -0.05) is 30.3 Å². The Kier molecular flexibility index (Phi) is 7.89. The third kappa shape index (κ3) is 6.17. The summed E-state index contributed by atoms with van der Waals surface area (Å²) >= 11 is 0. The van der Waals surface area contributed by atoms with Gasteiger partial charge in [0.1, 0.15) is 12.0 Å². The molecule has 3 N–H and O–H groups in total. The van der Waals surface area contributed by atoms with Crippen LogP contribution in [-0.4, -0.2) is 39.8 Å². The molecular formula is C30H32F3N5O2. The minimum atomic E-state index is -4.45. The van der Waals surface area contributed by atoms with Crippen LogP contribution in [0, 0.1) is 5.92 Å². The molecule has 2 aliphatic rings. The summed E-state index contributed by atoms with van der Waals surface area (Å²) in [6.45, 7) is 3.34. The lowest BCUT2D eigenvalue weighted by Crippen LogP contribution is -2.39. The van der Waals surface area contributed by atoms with Crippen molar-refractivity contribution in [2.45, 2.75) is 57.3 Å². The van der Waals surface area contributed by atoms with Crippen LogP contribution in [0.15, 0.2) is 54.9 Å². The number of nitrogens with one attached hydrogen (secondary N) is 1. The van der Waals surface area contributed by atoms with Crippen LogP contribution in [0.4, 0.5) is 13.2 Å². The van der Waals surface area contributed by atoms with E-state index in [0.717, 1.165) is 49.1 Å². The Morgan fingerprint density at radius 1 is 1.02 bits per heavy atom. The number of piperidine rings is 1. The molecule has 0 spiro atoms. The van der Waals surface area contributed by atoms with Gasteiger partial charge >= 0.3 is 6.18 Å². The quantitative estimate of drug-likeness (QED) is 0.419. The third-order valence-electron chi connectivity index (χ3n) is 7.80. The molecule has 1 atom stereocenters. The summed E-state index contributed by atoms with van der Waals surface area (Å²) in [5.41, 5.74) is 8.55. The maximum absolute atomic E-state index is 13.3. The van der Waals surface area contributed by atoms with E-state index in [0.29, 0.717) is 29.8 Å². The average molecular weight is 552 g/mol. The van der Waals surface area contributed by atoms with E-state index in [-0.39, 0.29) is 41.9 Å². The predicted molar refractivity (Wildman–Crippen MR) is 144 cm³/mol. The normalized spacial score (nSPS) is 17.0. The van der Waals surface area contributed by atoms with Gasteiger partial charge in [0.25, 0.3) is 5.91 Å². The monoisotopic (exact) mass is 551 g/mol. The minimum Gasteiger partial charge on any atom is -0.344 e. The van der Waals surface area contributed by atoms with Crippen molar-refractivity contribution in [1.82, 2.24) is 20.2 Å². The lowest BCUT2D eigenvalue weighted by Gasteiger charge is -2.32. The zero-order chi connectivity index (χ0) is 28.4. The molecule has 0 radical (unpaired) electrons. The van der Waals surface area contributed by atoms with Crippen LogP contribution in [0.3, 0.4) is 0 Å². The number of benzene rings is 2. The van der Waals surface area contributed by atoms with Crippen molar-refractivity contribution in [3.63, 3.8) is 0 Å². The van der Waals surface area contributed by atoms with E-state index in [4.69, 9.17) is 5.73 Å². The van der Waals surface area contributed by atoms with Gasteiger partial charge in [0.2, 0.25) is 5.91 Å². The largest absolute Gasteiger partial charge is 0.416 e. The zero-order valence-corrected chi connectivity index (χ0v) is 22.2. The van der Waals surface area contributed by atoms with Gasteiger partial charge in [0.15, 0.2) is 0 Å². The van der Waals surface area contributed by atoms with E-state index in [1.165, 1.54) is 12.4 Å². The molecule has 10 heteroatoms. The van der Waals surface area contributed by atoms with Crippen molar-refractivity contribution in [3.05, 3.63) is 82.9 Å². The van der Waals surface area contributed by atoms with E-state index < -0.39 is 11.7 Å². The number of rotatable bonds is 7. The van der Waals surface area contributed by atoms with Crippen molar-refractivity contribution >= 4 is 11.8 Å². The van der Waals surface area contributed by atoms with Crippen LogP contribution >= 0.6 is 0 Å². The molecular weight excluding hydrogens is 519 g/mol. The highest BCUT2D eigenvalue weighted by molar-refractivity contribution is 5.92. The highest BCUT2D eigenvalue weighted by Crippen LogP contribution is 2.35. The molecule has 1 saturated carbocycles. The molecule has 2 aromatic carbocycles.